The first-order valence-electron chi connectivity index (χ1n) is 5.30. The number of imidazole rings is 1. The van der Waals surface area contributed by atoms with Crippen molar-refractivity contribution in [2.24, 2.45) is 12.8 Å². The fraction of sp³-hybridized carbons (Fsp3) is 0.250. The SMILES string of the molecule is Cn1c(-c2cccc(F)c2)nc(Cl)c1CCN. The summed E-state index contributed by atoms with van der Waals surface area (Å²) in [6.45, 7) is 0.502. The molecule has 0 saturated carbocycles. The average Bonchev–Trinajstić information content (AvgIpc) is 2.57. The Morgan fingerprint density at radius 3 is 2.88 bits per heavy atom. The maximum Gasteiger partial charge on any atom is 0.151 e. The van der Waals surface area contributed by atoms with Crippen molar-refractivity contribution in [2.75, 3.05) is 6.54 Å². The van der Waals surface area contributed by atoms with E-state index < -0.39 is 0 Å². The minimum absolute atomic E-state index is 0.290. The molecule has 0 bridgehead atoms. The van der Waals surface area contributed by atoms with E-state index in [1.54, 1.807) is 12.1 Å². The third kappa shape index (κ3) is 2.33. The number of hydrogen-bond acceptors (Lipinski definition) is 2. The van der Waals surface area contributed by atoms with Crippen molar-refractivity contribution >= 4 is 11.6 Å². The Labute approximate surface area is 104 Å². The maximum atomic E-state index is 13.1. The summed E-state index contributed by atoms with van der Waals surface area (Å²) in [6.07, 6.45) is 0.650. The van der Waals surface area contributed by atoms with Gasteiger partial charge in [0.2, 0.25) is 0 Å². The molecule has 2 rings (SSSR count). The summed E-state index contributed by atoms with van der Waals surface area (Å²) in [6, 6.07) is 6.28. The monoisotopic (exact) mass is 253 g/mol. The van der Waals surface area contributed by atoms with E-state index in [1.165, 1.54) is 12.1 Å². The van der Waals surface area contributed by atoms with Crippen LogP contribution in [0.4, 0.5) is 4.39 Å². The highest BCUT2D eigenvalue weighted by molar-refractivity contribution is 6.30. The van der Waals surface area contributed by atoms with E-state index in [0.29, 0.717) is 29.5 Å². The normalized spacial score (nSPS) is 10.8. The summed E-state index contributed by atoms with van der Waals surface area (Å²) >= 11 is 6.04. The van der Waals surface area contributed by atoms with Gasteiger partial charge in [-0.25, -0.2) is 9.37 Å². The molecule has 17 heavy (non-hydrogen) atoms. The van der Waals surface area contributed by atoms with Gasteiger partial charge in [0, 0.05) is 19.0 Å². The molecule has 0 aliphatic rings. The van der Waals surface area contributed by atoms with Gasteiger partial charge in [0.05, 0.1) is 5.69 Å². The summed E-state index contributed by atoms with van der Waals surface area (Å²) in [7, 11) is 1.85. The van der Waals surface area contributed by atoms with Gasteiger partial charge in [-0.15, -0.1) is 0 Å². The Kier molecular flexibility index (Phi) is 3.45. The Balaban J connectivity index is 2.50. The summed E-state index contributed by atoms with van der Waals surface area (Å²) < 4.78 is 15.0. The lowest BCUT2D eigenvalue weighted by molar-refractivity contribution is 0.628. The van der Waals surface area contributed by atoms with E-state index in [2.05, 4.69) is 4.98 Å². The van der Waals surface area contributed by atoms with Crippen LogP contribution in [0.25, 0.3) is 11.4 Å². The van der Waals surface area contributed by atoms with Gasteiger partial charge in [-0.2, -0.15) is 0 Å². The molecule has 0 unspecified atom stereocenters. The standard InChI is InChI=1S/C12H13ClFN3/c1-17-10(5-6-15)11(13)16-12(17)8-3-2-4-9(14)7-8/h2-4,7H,5-6,15H2,1H3. The molecule has 0 saturated heterocycles. The molecule has 0 atom stereocenters. The smallest absolute Gasteiger partial charge is 0.151 e. The van der Waals surface area contributed by atoms with Crippen molar-refractivity contribution in [1.29, 1.82) is 0 Å². The molecule has 0 amide bonds. The van der Waals surface area contributed by atoms with Crippen LogP contribution in [-0.2, 0) is 13.5 Å². The average molecular weight is 254 g/mol. The quantitative estimate of drug-likeness (QED) is 0.913. The second-order valence-electron chi connectivity index (χ2n) is 3.78. The van der Waals surface area contributed by atoms with Crippen molar-refractivity contribution < 1.29 is 4.39 Å². The number of aromatic nitrogens is 2. The van der Waals surface area contributed by atoms with E-state index in [1.807, 2.05) is 11.6 Å². The van der Waals surface area contributed by atoms with Gasteiger partial charge in [-0.1, -0.05) is 23.7 Å². The highest BCUT2D eigenvalue weighted by Crippen LogP contribution is 2.25. The first-order valence-corrected chi connectivity index (χ1v) is 5.68. The van der Waals surface area contributed by atoms with E-state index in [0.717, 1.165) is 5.69 Å². The van der Waals surface area contributed by atoms with Gasteiger partial charge < -0.3 is 10.3 Å². The maximum absolute atomic E-state index is 13.1. The number of nitrogens with zero attached hydrogens (tertiary/aromatic N) is 2. The van der Waals surface area contributed by atoms with E-state index >= 15 is 0 Å². The van der Waals surface area contributed by atoms with Gasteiger partial charge in [0.15, 0.2) is 5.15 Å². The van der Waals surface area contributed by atoms with Gasteiger partial charge in [0.25, 0.3) is 0 Å². The van der Waals surface area contributed by atoms with Crippen LogP contribution in [0.2, 0.25) is 5.15 Å². The second kappa shape index (κ2) is 4.85. The molecule has 2 aromatic rings. The number of nitrogens with two attached hydrogens (primary N) is 1. The summed E-state index contributed by atoms with van der Waals surface area (Å²) in [5, 5.41) is 0.428. The molecule has 1 aromatic carbocycles. The number of rotatable bonds is 3. The molecular weight excluding hydrogens is 241 g/mol. The molecule has 3 nitrogen and oxygen atoms in total. The Morgan fingerprint density at radius 2 is 2.24 bits per heavy atom. The van der Waals surface area contributed by atoms with Crippen molar-refractivity contribution in [1.82, 2.24) is 9.55 Å². The molecule has 0 aliphatic carbocycles. The van der Waals surface area contributed by atoms with Gasteiger partial charge >= 0.3 is 0 Å². The summed E-state index contributed by atoms with van der Waals surface area (Å²) in [5.41, 5.74) is 7.09. The van der Waals surface area contributed by atoms with Crippen LogP contribution in [-0.4, -0.2) is 16.1 Å². The summed E-state index contributed by atoms with van der Waals surface area (Å²) in [4.78, 5) is 4.25. The van der Waals surface area contributed by atoms with Crippen LogP contribution in [0, 0.1) is 5.82 Å². The fourth-order valence-corrected chi connectivity index (χ4v) is 2.09. The van der Waals surface area contributed by atoms with Crippen molar-refractivity contribution in [2.45, 2.75) is 6.42 Å². The highest BCUT2D eigenvalue weighted by atomic mass is 35.5. The predicted molar refractivity (Wildman–Crippen MR) is 66.4 cm³/mol. The molecule has 5 heteroatoms. The third-order valence-electron chi connectivity index (χ3n) is 2.63. The lowest BCUT2D eigenvalue weighted by atomic mass is 10.2. The van der Waals surface area contributed by atoms with Crippen LogP contribution in [0.1, 0.15) is 5.69 Å². The van der Waals surface area contributed by atoms with Crippen LogP contribution in [0.5, 0.6) is 0 Å². The highest BCUT2D eigenvalue weighted by Gasteiger charge is 2.13. The number of benzene rings is 1. The first-order chi connectivity index (χ1) is 8.13. The van der Waals surface area contributed by atoms with Crippen molar-refractivity contribution in [3.8, 4) is 11.4 Å². The molecule has 1 heterocycles. The minimum Gasteiger partial charge on any atom is -0.330 e. The lowest BCUT2D eigenvalue weighted by Gasteiger charge is -2.05. The molecule has 0 aliphatic heterocycles. The van der Waals surface area contributed by atoms with Crippen LogP contribution < -0.4 is 5.73 Å². The zero-order chi connectivity index (χ0) is 12.4. The van der Waals surface area contributed by atoms with Crippen LogP contribution >= 0.6 is 11.6 Å². The molecule has 90 valence electrons. The molecule has 0 fully saturated rings. The Bertz CT molecular complexity index is 537. The zero-order valence-corrected chi connectivity index (χ0v) is 10.2. The van der Waals surface area contributed by atoms with Crippen molar-refractivity contribution in [3.05, 3.63) is 40.9 Å². The van der Waals surface area contributed by atoms with E-state index in [-0.39, 0.29) is 5.82 Å². The second-order valence-corrected chi connectivity index (χ2v) is 4.14. The molecule has 0 radical (unpaired) electrons. The first kappa shape index (κ1) is 12.1. The lowest BCUT2D eigenvalue weighted by Crippen LogP contribution is -2.07. The van der Waals surface area contributed by atoms with Crippen molar-refractivity contribution in [3.63, 3.8) is 0 Å². The van der Waals surface area contributed by atoms with Gasteiger partial charge in [0.1, 0.15) is 11.6 Å². The minimum atomic E-state index is -0.290. The number of hydrogen-bond donors (Lipinski definition) is 1. The van der Waals surface area contributed by atoms with E-state index in [4.69, 9.17) is 17.3 Å². The largest absolute Gasteiger partial charge is 0.330 e. The topological polar surface area (TPSA) is 43.8 Å². The number of halogens is 2. The fourth-order valence-electron chi connectivity index (χ4n) is 1.79. The van der Waals surface area contributed by atoms with Gasteiger partial charge in [-0.05, 0) is 18.7 Å². The van der Waals surface area contributed by atoms with E-state index in [9.17, 15) is 4.39 Å². The molecule has 0 spiro atoms. The van der Waals surface area contributed by atoms with Gasteiger partial charge in [-0.3, -0.25) is 0 Å². The zero-order valence-electron chi connectivity index (χ0n) is 9.45. The molecular formula is C12H13ClFN3. The Hall–Kier alpha value is -1.39. The molecule has 2 N–H and O–H groups in total. The Morgan fingerprint density at radius 1 is 1.47 bits per heavy atom. The van der Waals surface area contributed by atoms with Crippen LogP contribution in [0.3, 0.4) is 0 Å². The predicted octanol–water partition coefficient (Wildman–Crippen LogP) is 2.38. The summed E-state index contributed by atoms with van der Waals surface area (Å²) in [5.74, 6) is 0.361. The molecule has 1 aromatic heterocycles. The third-order valence-corrected chi connectivity index (χ3v) is 2.93. The van der Waals surface area contributed by atoms with Crippen LogP contribution in [0.15, 0.2) is 24.3 Å².